The van der Waals surface area contributed by atoms with Crippen LogP contribution in [-0.4, -0.2) is 26.6 Å². The Labute approximate surface area is 190 Å². The number of nitrogens with zero attached hydrogens (tertiary/aromatic N) is 2. The quantitative estimate of drug-likeness (QED) is 0.147. The zero-order chi connectivity index (χ0) is 23.4. The molecule has 0 saturated heterocycles. The minimum Gasteiger partial charge on any atom is -0.344 e. The molecule has 1 N–H and O–H groups in total. The minimum atomic E-state index is -0.776. The van der Waals surface area contributed by atoms with E-state index < -0.39 is 16.9 Å². The summed E-state index contributed by atoms with van der Waals surface area (Å²) in [6.07, 6.45) is 1.09. The summed E-state index contributed by atoms with van der Waals surface area (Å²) in [5, 5.41) is 20.9. The van der Waals surface area contributed by atoms with Gasteiger partial charge >= 0.3 is 0 Å². The van der Waals surface area contributed by atoms with Crippen LogP contribution < -0.4 is 0 Å². The summed E-state index contributed by atoms with van der Waals surface area (Å²) in [4.78, 5) is 28.4. The molecule has 1 aromatic heterocycles. The van der Waals surface area contributed by atoms with E-state index in [-0.39, 0.29) is 22.9 Å². The number of carbonyl (C=O) groups is 1. The van der Waals surface area contributed by atoms with Gasteiger partial charge in [0.05, 0.1) is 21.6 Å². The predicted octanol–water partition coefficient (Wildman–Crippen LogP) is 5.69. The first-order valence-electron chi connectivity index (χ1n) is 9.90. The molecule has 0 fully saturated rings. The molecule has 0 aliphatic carbocycles. The van der Waals surface area contributed by atoms with E-state index in [0.717, 1.165) is 5.56 Å². The van der Waals surface area contributed by atoms with Crippen molar-refractivity contribution in [2.24, 2.45) is 7.05 Å². The fourth-order valence-corrected chi connectivity index (χ4v) is 4.05. The van der Waals surface area contributed by atoms with E-state index in [1.165, 1.54) is 18.2 Å². The van der Waals surface area contributed by atoms with Gasteiger partial charge in [-0.3, -0.25) is 20.2 Å². The van der Waals surface area contributed by atoms with Gasteiger partial charge in [0.25, 0.3) is 5.69 Å². The van der Waals surface area contributed by atoms with Crippen LogP contribution in [0.5, 0.6) is 0 Å². The van der Waals surface area contributed by atoms with Crippen molar-refractivity contribution in [2.75, 3.05) is 0 Å². The molecule has 0 bridgehead atoms. The Bertz CT molecular complexity index is 1150. The summed E-state index contributed by atoms with van der Waals surface area (Å²) >= 11 is 6.41. The number of non-ortho nitro benzene ring substituents is 1. The summed E-state index contributed by atoms with van der Waals surface area (Å²) in [6, 6.07) is 14.9. The lowest BCUT2D eigenvalue weighted by atomic mass is 9.88. The minimum absolute atomic E-state index is 0.148. The lowest BCUT2D eigenvalue weighted by Gasteiger charge is -2.26. The van der Waals surface area contributed by atoms with Crippen molar-refractivity contribution in [3.63, 3.8) is 0 Å². The van der Waals surface area contributed by atoms with Crippen molar-refractivity contribution in [2.45, 2.75) is 25.4 Å². The first-order valence-corrected chi connectivity index (χ1v) is 10.3. The average Bonchev–Trinajstić information content (AvgIpc) is 3.15. The highest BCUT2D eigenvalue weighted by Gasteiger charge is 2.31. The van der Waals surface area contributed by atoms with E-state index in [4.69, 9.17) is 16.5 Å². The van der Waals surface area contributed by atoms with E-state index in [1.807, 2.05) is 19.1 Å². The molecule has 3 rings (SSSR count). The summed E-state index contributed by atoms with van der Waals surface area (Å²) in [7, 11) is 1.74. The number of aryl methyl sites for hydroxylation is 1. The predicted molar refractivity (Wildman–Crippen MR) is 122 cm³/mol. The number of hydrogen-bond acceptors (Lipinski definition) is 5. The molecule has 0 amide bonds. The van der Waals surface area contributed by atoms with Gasteiger partial charge in [-0.25, -0.2) is 4.89 Å². The molecule has 0 saturated carbocycles. The molecule has 2 atom stereocenters. The Balaban J connectivity index is 2.10. The molecule has 0 aliphatic heterocycles. The topological polar surface area (TPSA) is 94.6 Å². The van der Waals surface area contributed by atoms with Crippen LogP contribution in [-0.2, 0) is 11.9 Å². The van der Waals surface area contributed by atoms with Gasteiger partial charge in [-0.15, -0.1) is 6.58 Å². The van der Waals surface area contributed by atoms with Gasteiger partial charge in [-0.1, -0.05) is 47.5 Å². The van der Waals surface area contributed by atoms with Crippen LogP contribution in [0.1, 0.15) is 45.2 Å². The summed E-state index contributed by atoms with van der Waals surface area (Å²) in [5.74, 6) is -0.770. The van der Waals surface area contributed by atoms with Crippen molar-refractivity contribution >= 4 is 23.1 Å². The van der Waals surface area contributed by atoms with Crippen LogP contribution in [0.3, 0.4) is 0 Å². The van der Waals surface area contributed by atoms with Crippen molar-refractivity contribution < 1.29 is 19.9 Å². The first kappa shape index (κ1) is 23.4. The third-order valence-electron chi connectivity index (χ3n) is 5.46. The fourth-order valence-electron chi connectivity index (χ4n) is 3.76. The Kier molecular flexibility index (Phi) is 7.25. The van der Waals surface area contributed by atoms with Gasteiger partial charge in [0.1, 0.15) is 6.10 Å². The smallest absolute Gasteiger partial charge is 0.270 e. The average molecular weight is 455 g/mol. The molecular weight excluding hydrogens is 432 g/mol. The van der Waals surface area contributed by atoms with Crippen LogP contribution in [0.4, 0.5) is 5.69 Å². The van der Waals surface area contributed by atoms with Gasteiger partial charge in [0, 0.05) is 30.4 Å². The van der Waals surface area contributed by atoms with Crippen LogP contribution in [0.15, 0.2) is 67.3 Å². The lowest BCUT2D eigenvalue weighted by Crippen LogP contribution is -2.25. The third-order valence-corrected chi connectivity index (χ3v) is 5.79. The van der Waals surface area contributed by atoms with Crippen LogP contribution in [0.25, 0.3) is 0 Å². The molecule has 8 heteroatoms. The monoisotopic (exact) mass is 454 g/mol. The molecule has 166 valence electrons. The van der Waals surface area contributed by atoms with Crippen LogP contribution >= 0.6 is 11.6 Å². The molecule has 2 unspecified atom stereocenters. The number of carbonyl (C=O) groups excluding carboxylic acids is 1. The zero-order valence-corrected chi connectivity index (χ0v) is 18.5. The second-order valence-corrected chi connectivity index (χ2v) is 7.91. The van der Waals surface area contributed by atoms with E-state index in [0.29, 0.717) is 22.5 Å². The number of rotatable bonds is 9. The molecule has 0 aliphatic rings. The number of nitro groups is 1. The van der Waals surface area contributed by atoms with Crippen molar-refractivity contribution in [1.82, 2.24) is 4.57 Å². The Hall–Kier alpha value is -3.26. The van der Waals surface area contributed by atoms with Gasteiger partial charge < -0.3 is 4.57 Å². The normalized spacial score (nSPS) is 12.9. The third kappa shape index (κ3) is 4.65. The van der Waals surface area contributed by atoms with E-state index in [1.54, 1.807) is 42.0 Å². The van der Waals surface area contributed by atoms with Gasteiger partial charge in [-0.2, -0.15) is 0 Å². The van der Waals surface area contributed by atoms with E-state index in [2.05, 4.69) is 6.58 Å². The van der Waals surface area contributed by atoms with Crippen molar-refractivity contribution in [3.8, 4) is 0 Å². The fraction of sp³-hybridized carbons (Fsp3) is 0.208. The molecule has 3 aromatic rings. The summed E-state index contributed by atoms with van der Waals surface area (Å²) in [6.45, 7) is 5.65. The zero-order valence-electron chi connectivity index (χ0n) is 17.7. The Morgan fingerprint density at radius 1 is 1.25 bits per heavy atom. The molecule has 0 radical (unpaired) electrons. The Morgan fingerprint density at radius 2 is 1.94 bits per heavy atom. The molecule has 32 heavy (non-hydrogen) atoms. The van der Waals surface area contributed by atoms with Crippen LogP contribution in [0.2, 0.25) is 5.02 Å². The number of ketones is 1. The number of nitro benzene ring substituents is 1. The number of hydrogen-bond donors (Lipinski definition) is 1. The highest BCUT2D eigenvalue weighted by atomic mass is 35.5. The first-order chi connectivity index (χ1) is 15.3. The SMILES string of the molecule is C=CCC(OO)C(c1ccc([N+](=O)[O-])cc1Cl)c1ccc(C(=O)c2ccc(C)cc2)n1C. The van der Waals surface area contributed by atoms with Gasteiger partial charge in [-0.05, 0) is 37.1 Å². The summed E-state index contributed by atoms with van der Waals surface area (Å²) < 4.78 is 1.72. The maximum Gasteiger partial charge on any atom is 0.270 e. The van der Waals surface area contributed by atoms with Gasteiger partial charge in [0.2, 0.25) is 5.78 Å². The Morgan fingerprint density at radius 3 is 2.50 bits per heavy atom. The second kappa shape index (κ2) is 9.91. The maximum atomic E-state index is 13.1. The largest absolute Gasteiger partial charge is 0.344 e. The highest BCUT2D eigenvalue weighted by molar-refractivity contribution is 6.31. The lowest BCUT2D eigenvalue weighted by molar-refractivity contribution is -0.384. The molecule has 2 aromatic carbocycles. The molecule has 7 nitrogen and oxygen atoms in total. The number of benzene rings is 2. The van der Waals surface area contributed by atoms with E-state index in [9.17, 15) is 20.2 Å². The highest BCUT2D eigenvalue weighted by Crippen LogP contribution is 2.38. The molecule has 1 heterocycles. The van der Waals surface area contributed by atoms with Crippen molar-refractivity contribution in [1.29, 1.82) is 0 Å². The van der Waals surface area contributed by atoms with E-state index >= 15 is 0 Å². The molecule has 0 spiro atoms. The standard InChI is InChI=1S/C24H23ClN2O5/c1-4-5-22(32-31)23(18-11-10-17(27(29)30)14-19(18)25)20-12-13-21(26(20)3)24(28)16-8-6-15(2)7-9-16/h4,6-14,22-23,31H,1,5H2,2-3H3. The number of aromatic nitrogens is 1. The summed E-state index contributed by atoms with van der Waals surface area (Å²) in [5.41, 5.74) is 3.07. The molecular formula is C24H23ClN2O5. The second-order valence-electron chi connectivity index (χ2n) is 7.51. The van der Waals surface area contributed by atoms with Gasteiger partial charge in [0.15, 0.2) is 0 Å². The maximum absolute atomic E-state index is 13.1. The van der Waals surface area contributed by atoms with Crippen molar-refractivity contribution in [3.05, 3.63) is 110 Å². The van der Waals surface area contributed by atoms with Crippen LogP contribution in [0, 0.1) is 17.0 Å². The number of halogens is 1.